The van der Waals surface area contributed by atoms with Crippen LogP contribution in [0.15, 0.2) is 188 Å². The van der Waals surface area contributed by atoms with Gasteiger partial charge in [-0.15, -0.1) is 22.7 Å². The number of thiazole rings is 5. The number of carbonyl (C=O) groups is 1. The van der Waals surface area contributed by atoms with Gasteiger partial charge in [0, 0.05) is 74.9 Å². The second-order valence-electron chi connectivity index (χ2n) is 20.2. The second kappa shape index (κ2) is 33.0. The summed E-state index contributed by atoms with van der Waals surface area (Å²) in [6.45, 7) is 15.0. The fraction of sp³-hybridized carbons (Fsp3) is 0.194. The highest BCUT2D eigenvalue weighted by Gasteiger charge is 2.13. The molecule has 93 heavy (non-hydrogen) atoms. The highest BCUT2D eigenvalue weighted by Crippen LogP contribution is 2.35. The number of ether oxygens (including phenoxy) is 1. The number of hydrogen-bond donors (Lipinski definition) is 3. The first kappa shape index (κ1) is 69.2. The summed E-state index contributed by atoms with van der Waals surface area (Å²) in [5.74, 6) is 10.5. The number of Topliss-reactive ketones (excluding diaryl/α,β-unsaturated/α-hetero) is 1. The van der Waals surface area contributed by atoms with Gasteiger partial charge in [0.25, 0.3) is 5.19 Å². The lowest BCUT2D eigenvalue weighted by molar-refractivity contribution is 0.102. The molecule has 0 atom stereocenters. The maximum Gasteiger partial charge on any atom is 0.273 e. The molecule has 0 aliphatic carbocycles. The number of thiophene rings is 1. The van der Waals surface area contributed by atoms with Crippen molar-refractivity contribution < 1.29 is 36.0 Å². The van der Waals surface area contributed by atoms with Gasteiger partial charge in [-0.1, -0.05) is 45.3 Å². The molecule has 0 amide bonds. The third-order valence-corrected chi connectivity index (χ3v) is 18.8. The molecule has 4 N–H and O–H groups in total. The van der Waals surface area contributed by atoms with Crippen LogP contribution in [0.2, 0.25) is 0 Å². The molecule has 26 heteroatoms. The van der Waals surface area contributed by atoms with Crippen LogP contribution in [-0.4, -0.2) is 68.5 Å². The van der Waals surface area contributed by atoms with Crippen molar-refractivity contribution in [2.75, 3.05) is 44.2 Å². The van der Waals surface area contributed by atoms with Crippen LogP contribution in [0.1, 0.15) is 56.9 Å². The number of nitrogens with zero attached hydrogens (tertiary/aromatic N) is 7. The van der Waals surface area contributed by atoms with Crippen LogP contribution in [0, 0.1) is 48.5 Å². The zero-order valence-corrected chi connectivity index (χ0v) is 58.1. The van der Waals surface area contributed by atoms with Gasteiger partial charge in [-0.05, 0) is 152 Å². The Bertz CT molecular complexity index is 4600. The Labute approximate surface area is 560 Å². The second-order valence-corrected chi connectivity index (χ2v) is 26.3. The molecule has 0 aliphatic rings. The molecule has 14 aromatic heterocycles. The van der Waals surface area contributed by atoms with E-state index in [1.54, 1.807) is 92.0 Å². The van der Waals surface area contributed by atoms with Gasteiger partial charge >= 0.3 is 0 Å². The number of aromatic nitrogens is 7. The van der Waals surface area contributed by atoms with Crippen LogP contribution in [0.4, 0.5) is 15.4 Å². The number of nitrogens with two attached hydrogens (primary N) is 1. The minimum absolute atomic E-state index is 0.0166. The highest BCUT2D eigenvalue weighted by atomic mass is 32.1. The number of pyridine rings is 2. The first-order chi connectivity index (χ1) is 44.6. The number of aromatic amines is 1. The first-order valence-corrected chi connectivity index (χ1v) is 33.3. The fourth-order valence-corrected chi connectivity index (χ4v) is 12.5. The number of nitrogen functional groups attached to an aromatic ring is 1. The first-order valence-electron chi connectivity index (χ1n) is 28.4. The van der Waals surface area contributed by atoms with Gasteiger partial charge in [0.05, 0.1) is 61.2 Å². The number of aryl methyl sites for hydroxylation is 8. The maximum absolute atomic E-state index is 11.1. The van der Waals surface area contributed by atoms with E-state index < -0.39 is 0 Å². The summed E-state index contributed by atoms with van der Waals surface area (Å²) in [6, 6.07) is 33.5. The summed E-state index contributed by atoms with van der Waals surface area (Å²) in [5, 5.41) is 9.13. The topological polar surface area (TPSA) is 266 Å². The molecule has 0 bridgehead atoms. The van der Waals surface area contributed by atoms with Crippen LogP contribution in [0.3, 0.4) is 0 Å². The number of H-pyrrole nitrogens is 1. The Balaban J connectivity index is 0.000000139. The summed E-state index contributed by atoms with van der Waals surface area (Å²) in [7, 11) is 9.15. The predicted octanol–water partition coefficient (Wildman–Crippen LogP) is 17.8. The zero-order valence-electron chi connectivity index (χ0n) is 53.2. The Hall–Kier alpha value is -9.70. The SMILES string of the molecule is CC(=O)c1ccc(-c2nc(C)cs2)s1.CNc1ncc(-c2ccc(C)o2)s1.COc1ncc(-c2ccc(C)o2)s1.Cc1ccc(-c2ccc(=O)[nH]c2)o1.Cc1ccc(-c2ccc(=O)n(C)c2)o1.Cc1ccc(-c2cnc(N(C)C)s2)o1.Cc1ccc(-c2cnc(N)s2)o1. The van der Waals surface area contributed by atoms with Crippen molar-refractivity contribution in [3.05, 3.63) is 218 Å². The van der Waals surface area contributed by atoms with Gasteiger partial charge in [-0.3, -0.25) is 14.4 Å². The molecule has 14 rings (SSSR count). The number of anilines is 3. The van der Waals surface area contributed by atoms with Crippen LogP contribution in [0.25, 0.3) is 75.1 Å². The molecule has 0 saturated heterocycles. The summed E-state index contributed by atoms with van der Waals surface area (Å²) >= 11 is 9.23. The quantitative estimate of drug-likeness (QED) is 0.102. The van der Waals surface area contributed by atoms with E-state index in [9.17, 15) is 14.4 Å². The summed E-state index contributed by atoms with van der Waals surface area (Å²) < 4.78 is 39.2. The maximum atomic E-state index is 11.1. The van der Waals surface area contributed by atoms with Crippen molar-refractivity contribution in [1.29, 1.82) is 0 Å². The van der Waals surface area contributed by atoms with E-state index in [-0.39, 0.29) is 16.9 Å². The monoisotopic (exact) mass is 1360 g/mol. The van der Waals surface area contributed by atoms with E-state index >= 15 is 0 Å². The van der Waals surface area contributed by atoms with Gasteiger partial charge in [-0.25, -0.2) is 24.9 Å². The van der Waals surface area contributed by atoms with Crippen LogP contribution < -0.4 is 31.8 Å². The van der Waals surface area contributed by atoms with Crippen molar-refractivity contribution in [1.82, 2.24) is 34.5 Å². The van der Waals surface area contributed by atoms with E-state index in [1.807, 2.05) is 177 Å². The molecule has 0 aliphatic heterocycles. The number of rotatable bonds is 11. The lowest BCUT2D eigenvalue weighted by Gasteiger charge is -2.04. The van der Waals surface area contributed by atoms with E-state index in [2.05, 4.69) is 35.2 Å². The largest absolute Gasteiger partial charge is 0.473 e. The number of hydrogen-bond acceptors (Lipinski definition) is 24. The predicted molar refractivity (Wildman–Crippen MR) is 377 cm³/mol. The van der Waals surface area contributed by atoms with E-state index in [1.165, 1.54) is 50.7 Å². The number of ketones is 1. The number of carbonyl (C=O) groups excluding carboxylic acids is 1. The normalized spacial score (nSPS) is 10.4. The van der Waals surface area contributed by atoms with Crippen LogP contribution in [-0.2, 0) is 7.05 Å². The third kappa shape index (κ3) is 20.4. The van der Waals surface area contributed by atoms with Crippen LogP contribution >= 0.6 is 68.0 Å². The van der Waals surface area contributed by atoms with E-state index in [0.717, 1.165) is 130 Å². The smallest absolute Gasteiger partial charge is 0.273 e. The standard InChI is InChI=1S/C11H11NO2.C10H12N2OS.C10H9NO2.C10H9NOS2.C9H10N2OS.C9H9NO2S.C8H8N2OS/c1-8-3-5-10(14-8)9-4-6-11(13)12(2)7-9;1-7-4-5-8(13-7)9-6-11-10(14-9)12(2)3;1-7-2-4-9(13-7)8-3-5-10(12)11-6-8;1-6-5-13-10(11-6)9-4-3-8(14-9)7(2)12;1-6-3-4-7(12-6)8-5-11-9(10-2)13-8;1-6-3-4-7(12-6)8-5-10-9(11-2)13-8;1-5-2-3-6(11-5)7-4-10-8(9)12-7/h3-7H,1-2H3;4-6H,1-3H3;2-6H,1H3,(H,11,12);3-5H,1-2H3;3-5H,1-2H3,(H,10,11);3-5H,1-2H3;2-4H,1H3,(H2,9,10). The average Bonchev–Trinajstić information content (AvgIpc) is 1.87. The molecule has 0 fully saturated rings. The molecule has 0 spiro atoms. The van der Waals surface area contributed by atoms with Crippen molar-refractivity contribution in [3.8, 4) is 80.3 Å². The molecule has 0 unspecified atom stereocenters. The molecular weight excluding hydrogens is 1300 g/mol. The minimum atomic E-state index is -0.105. The molecule has 0 saturated carbocycles. The lowest BCUT2D eigenvalue weighted by Crippen LogP contribution is -2.13. The molecule has 14 heterocycles. The van der Waals surface area contributed by atoms with Crippen LogP contribution in [0.5, 0.6) is 5.19 Å². The Morgan fingerprint density at radius 3 is 1.44 bits per heavy atom. The van der Waals surface area contributed by atoms with E-state index in [0.29, 0.717) is 10.3 Å². The summed E-state index contributed by atoms with van der Waals surface area (Å²) in [6.07, 6.45) is 10.5. The Kier molecular flexibility index (Phi) is 24.6. The van der Waals surface area contributed by atoms with Gasteiger partial charge < -0.3 is 56.7 Å². The summed E-state index contributed by atoms with van der Waals surface area (Å²) in [5.41, 5.74) is 8.20. The molecule has 0 radical (unpaired) electrons. The fourth-order valence-electron chi connectivity index (χ4n) is 7.82. The van der Waals surface area contributed by atoms with Crippen molar-refractivity contribution in [2.24, 2.45) is 7.05 Å². The third-order valence-electron chi connectivity index (χ3n) is 12.4. The molecule has 0 aromatic carbocycles. The number of nitrogens with one attached hydrogen (secondary N) is 2. The van der Waals surface area contributed by atoms with E-state index in [4.69, 9.17) is 37.0 Å². The van der Waals surface area contributed by atoms with Gasteiger partial charge in [0.1, 0.15) is 74.1 Å². The molecular formula is C67H68N10O10S6. The number of furan rings is 6. The summed E-state index contributed by atoms with van der Waals surface area (Å²) in [4.78, 5) is 64.4. The molecule has 14 aromatic rings. The lowest BCUT2D eigenvalue weighted by atomic mass is 10.2. The van der Waals surface area contributed by atoms with Crippen molar-refractivity contribution in [2.45, 2.75) is 55.4 Å². The van der Waals surface area contributed by atoms with Crippen molar-refractivity contribution in [3.63, 3.8) is 0 Å². The zero-order chi connectivity index (χ0) is 66.7. The molecule has 20 nitrogen and oxygen atoms in total. The van der Waals surface area contributed by atoms with Gasteiger partial charge in [0.2, 0.25) is 11.1 Å². The Morgan fingerprint density at radius 2 is 1.04 bits per heavy atom. The highest BCUT2D eigenvalue weighted by molar-refractivity contribution is 7.22. The average molecular weight is 1370 g/mol. The minimum Gasteiger partial charge on any atom is -0.473 e. The van der Waals surface area contributed by atoms with Gasteiger partial charge in [-0.2, -0.15) is 0 Å². The Morgan fingerprint density at radius 1 is 0.559 bits per heavy atom. The molecule has 482 valence electrons. The number of methoxy groups -OCH3 is 1. The van der Waals surface area contributed by atoms with Crippen molar-refractivity contribution >= 4 is 89.2 Å². The van der Waals surface area contributed by atoms with Gasteiger partial charge in [0.15, 0.2) is 21.2 Å².